The van der Waals surface area contributed by atoms with Gasteiger partial charge in [-0.15, -0.1) is 0 Å². The Kier molecular flexibility index (Phi) is 6.94. The third-order valence-corrected chi connectivity index (χ3v) is 10.4. The summed E-state index contributed by atoms with van der Waals surface area (Å²) in [5.74, 6) is 3.82. The summed E-state index contributed by atoms with van der Waals surface area (Å²) in [5, 5.41) is 4.10. The summed E-state index contributed by atoms with van der Waals surface area (Å²) in [6, 6.07) is 27.7. The molecule has 0 amide bonds. The quantitative estimate of drug-likeness (QED) is 0.280. The maximum atomic E-state index is 5.66. The molecule has 1 unspecified atom stereocenters. The molecule has 5 aliphatic rings. The standard InChI is InChI=1S/C37H44N2O/c1-3-4-10-33-20-31-21-34(40-2)15-16-35(31)36(39(33)25-26-8-6-5-7-9-26)30-11-13-32(14-12-30)38-37-22-27-17-28(23-37)19-29(18-27)24-37/h5-9,11-16,21,27-29,33H,3-4,10,17-20,22-25H2,1-2H3/p+1. The van der Waals surface area contributed by atoms with Gasteiger partial charge in [-0.05, 0) is 111 Å². The van der Waals surface area contributed by atoms with Crippen LogP contribution in [0.4, 0.5) is 5.69 Å². The first-order valence-corrected chi connectivity index (χ1v) is 15.8. The maximum Gasteiger partial charge on any atom is 0.215 e. The van der Waals surface area contributed by atoms with Gasteiger partial charge in [0.2, 0.25) is 5.71 Å². The average Bonchev–Trinajstić information content (AvgIpc) is 2.96. The molecule has 4 saturated carbocycles. The third kappa shape index (κ3) is 4.97. The summed E-state index contributed by atoms with van der Waals surface area (Å²) in [6.45, 7) is 3.24. The molecule has 0 saturated heterocycles. The van der Waals surface area contributed by atoms with Crippen LogP contribution in [0.25, 0.3) is 0 Å². The Labute approximate surface area is 240 Å². The highest BCUT2D eigenvalue weighted by atomic mass is 16.5. The number of nitrogens with one attached hydrogen (secondary N) is 1. The number of methoxy groups -OCH3 is 1. The van der Waals surface area contributed by atoms with Crippen LogP contribution in [0.5, 0.6) is 5.75 Å². The van der Waals surface area contributed by atoms with Crippen LogP contribution in [0.3, 0.4) is 0 Å². The van der Waals surface area contributed by atoms with Crippen molar-refractivity contribution in [3.05, 3.63) is 95.1 Å². The van der Waals surface area contributed by atoms with Crippen molar-refractivity contribution in [1.29, 1.82) is 0 Å². The highest BCUT2D eigenvalue weighted by molar-refractivity contribution is 6.11. The maximum absolute atomic E-state index is 5.66. The Hall–Kier alpha value is -3.07. The molecular formula is C37H45N2O+. The number of unbranched alkanes of at least 4 members (excludes halogenated alkanes) is 1. The lowest BCUT2D eigenvalue weighted by atomic mass is 9.53. The van der Waals surface area contributed by atoms with Crippen LogP contribution < -0.4 is 10.1 Å². The van der Waals surface area contributed by atoms with Crippen molar-refractivity contribution in [2.45, 2.75) is 89.3 Å². The van der Waals surface area contributed by atoms with Gasteiger partial charge < -0.3 is 10.1 Å². The van der Waals surface area contributed by atoms with Gasteiger partial charge in [0.15, 0.2) is 12.6 Å². The fraction of sp³-hybridized carbons (Fsp3) is 0.486. The van der Waals surface area contributed by atoms with Gasteiger partial charge in [-0.3, -0.25) is 0 Å². The molecule has 208 valence electrons. The monoisotopic (exact) mass is 533 g/mol. The molecule has 1 heterocycles. The minimum atomic E-state index is 0.335. The van der Waals surface area contributed by atoms with E-state index < -0.39 is 0 Å². The van der Waals surface area contributed by atoms with E-state index in [9.17, 15) is 0 Å². The number of ether oxygens (including phenoxy) is 1. The Morgan fingerprint density at radius 1 is 0.875 bits per heavy atom. The van der Waals surface area contributed by atoms with E-state index in [1.54, 1.807) is 7.11 Å². The molecule has 3 aromatic carbocycles. The van der Waals surface area contributed by atoms with Crippen LogP contribution in [0, 0.1) is 17.8 Å². The predicted molar refractivity (Wildman–Crippen MR) is 165 cm³/mol. The Morgan fingerprint density at radius 3 is 2.23 bits per heavy atom. The molecule has 3 nitrogen and oxygen atoms in total. The predicted octanol–water partition coefficient (Wildman–Crippen LogP) is 8.24. The molecule has 4 aliphatic carbocycles. The lowest BCUT2D eigenvalue weighted by molar-refractivity contribution is -0.583. The van der Waals surface area contributed by atoms with E-state index in [0.717, 1.165) is 36.5 Å². The SMILES string of the molecule is CCCCC1Cc2cc(OC)ccc2C(c2ccc(NC34CC5CC(CC(C5)C3)C4)cc2)=[N+]1Cc1ccccc1. The molecule has 4 fully saturated rings. The summed E-state index contributed by atoms with van der Waals surface area (Å²) < 4.78 is 8.37. The fourth-order valence-electron chi connectivity index (χ4n) is 9.09. The van der Waals surface area contributed by atoms with Crippen LogP contribution in [-0.2, 0) is 13.0 Å². The molecule has 0 spiro atoms. The minimum Gasteiger partial charge on any atom is -0.497 e. The third-order valence-electron chi connectivity index (χ3n) is 10.4. The summed E-state index contributed by atoms with van der Waals surface area (Å²) in [7, 11) is 1.78. The van der Waals surface area contributed by atoms with Gasteiger partial charge in [0.1, 0.15) is 5.75 Å². The topological polar surface area (TPSA) is 24.3 Å². The van der Waals surface area contributed by atoms with E-state index in [1.165, 1.54) is 91.4 Å². The van der Waals surface area contributed by atoms with Gasteiger partial charge in [0, 0.05) is 35.2 Å². The van der Waals surface area contributed by atoms with Crippen molar-refractivity contribution < 1.29 is 9.31 Å². The summed E-state index contributed by atoms with van der Waals surface area (Å²) >= 11 is 0. The van der Waals surface area contributed by atoms with Crippen LogP contribution in [0.2, 0.25) is 0 Å². The zero-order chi connectivity index (χ0) is 27.1. The number of nitrogens with zero attached hydrogens (tertiary/aromatic N) is 1. The van der Waals surface area contributed by atoms with Gasteiger partial charge in [0.05, 0.1) is 12.7 Å². The van der Waals surface area contributed by atoms with Crippen LogP contribution in [0.15, 0.2) is 72.8 Å². The molecule has 1 atom stereocenters. The first-order chi connectivity index (χ1) is 19.6. The number of hydrogen-bond acceptors (Lipinski definition) is 2. The first kappa shape index (κ1) is 25.9. The second-order valence-corrected chi connectivity index (χ2v) is 13.4. The van der Waals surface area contributed by atoms with Crippen molar-refractivity contribution in [3.63, 3.8) is 0 Å². The second-order valence-electron chi connectivity index (χ2n) is 13.4. The van der Waals surface area contributed by atoms with E-state index >= 15 is 0 Å². The molecule has 0 aromatic heterocycles. The first-order valence-electron chi connectivity index (χ1n) is 15.8. The second kappa shape index (κ2) is 10.7. The smallest absolute Gasteiger partial charge is 0.215 e. The number of benzene rings is 3. The fourth-order valence-corrected chi connectivity index (χ4v) is 9.09. The van der Waals surface area contributed by atoms with Gasteiger partial charge in [-0.25, -0.2) is 4.58 Å². The molecule has 3 heteroatoms. The van der Waals surface area contributed by atoms with Gasteiger partial charge in [-0.2, -0.15) is 0 Å². The van der Waals surface area contributed by atoms with Crippen molar-refractivity contribution in [3.8, 4) is 5.75 Å². The van der Waals surface area contributed by atoms with Gasteiger partial charge >= 0.3 is 0 Å². The van der Waals surface area contributed by atoms with Crippen LogP contribution in [0.1, 0.15) is 87.0 Å². The van der Waals surface area contributed by atoms with Crippen molar-refractivity contribution in [1.82, 2.24) is 0 Å². The summed E-state index contributed by atoms with van der Waals surface area (Å²) in [5.41, 5.74) is 8.46. The largest absolute Gasteiger partial charge is 0.497 e. The molecule has 3 aromatic rings. The number of fused-ring (bicyclic) bond motifs is 1. The Morgan fingerprint density at radius 2 is 1.57 bits per heavy atom. The molecule has 1 aliphatic heterocycles. The molecule has 4 bridgehead atoms. The molecular weight excluding hydrogens is 488 g/mol. The van der Waals surface area contributed by atoms with Crippen LogP contribution >= 0.6 is 0 Å². The lowest BCUT2D eigenvalue weighted by Gasteiger charge is -2.57. The Bertz CT molecular complexity index is 1340. The minimum absolute atomic E-state index is 0.335. The van der Waals surface area contributed by atoms with Gasteiger partial charge in [0.25, 0.3) is 0 Å². The number of rotatable bonds is 9. The van der Waals surface area contributed by atoms with Crippen LogP contribution in [-0.4, -0.2) is 29.0 Å². The zero-order valence-electron chi connectivity index (χ0n) is 24.4. The van der Waals surface area contributed by atoms with Crippen molar-refractivity contribution in [2.24, 2.45) is 17.8 Å². The van der Waals surface area contributed by atoms with Crippen molar-refractivity contribution in [2.75, 3.05) is 12.4 Å². The Balaban J connectivity index is 1.26. The average molecular weight is 534 g/mol. The normalized spacial score (nSPS) is 28.4. The number of hydrogen-bond donors (Lipinski definition) is 1. The molecule has 0 radical (unpaired) electrons. The zero-order valence-corrected chi connectivity index (χ0v) is 24.4. The van der Waals surface area contributed by atoms with E-state index in [2.05, 4.69) is 89.6 Å². The van der Waals surface area contributed by atoms with Crippen molar-refractivity contribution >= 4 is 11.4 Å². The summed E-state index contributed by atoms with van der Waals surface area (Å²) in [6.07, 6.45) is 13.3. The highest BCUT2D eigenvalue weighted by Gasteiger charge is 2.50. The van der Waals surface area contributed by atoms with E-state index in [0.29, 0.717) is 11.6 Å². The molecule has 40 heavy (non-hydrogen) atoms. The van der Waals surface area contributed by atoms with E-state index in [4.69, 9.17) is 4.74 Å². The summed E-state index contributed by atoms with van der Waals surface area (Å²) in [4.78, 5) is 0. The highest BCUT2D eigenvalue weighted by Crippen LogP contribution is 2.56. The van der Waals surface area contributed by atoms with E-state index in [1.807, 2.05) is 0 Å². The molecule has 8 rings (SSSR count). The number of anilines is 1. The lowest BCUT2D eigenvalue weighted by Crippen LogP contribution is -2.54. The van der Waals surface area contributed by atoms with Gasteiger partial charge in [-0.1, -0.05) is 43.7 Å². The molecule has 1 N–H and O–H groups in total. The van der Waals surface area contributed by atoms with E-state index in [-0.39, 0.29) is 0 Å².